The highest BCUT2D eigenvalue weighted by molar-refractivity contribution is 8.14. The van der Waals surface area contributed by atoms with Crippen molar-refractivity contribution in [3.8, 4) is 0 Å². The molecule has 17 heavy (non-hydrogen) atoms. The molecule has 0 bridgehead atoms. The number of hydrogen-bond acceptors (Lipinski definition) is 3. The minimum atomic E-state index is 0.216. The zero-order chi connectivity index (χ0) is 12.3. The lowest BCUT2D eigenvalue weighted by molar-refractivity contribution is 0.464. The van der Waals surface area contributed by atoms with Crippen molar-refractivity contribution in [1.29, 1.82) is 0 Å². The van der Waals surface area contributed by atoms with Gasteiger partial charge in [0.2, 0.25) is 0 Å². The van der Waals surface area contributed by atoms with Crippen LogP contribution in [0.2, 0.25) is 0 Å². The first-order valence-corrected chi connectivity index (χ1v) is 7.11. The van der Waals surface area contributed by atoms with Crippen molar-refractivity contribution >= 4 is 16.9 Å². The molecule has 1 N–H and O–H groups in total. The summed E-state index contributed by atoms with van der Waals surface area (Å²) in [5.41, 5.74) is 0.216. The Morgan fingerprint density at radius 2 is 2.47 bits per heavy atom. The summed E-state index contributed by atoms with van der Waals surface area (Å²) in [6.07, 6.45) is 3.71. The van der Waals surface area contributed by atoms with Gasteiger partial charge in [-0.05, 0) is 32.4 Å². The van der Waals surface area contributed by atoms with Crippen LogP contribution in [0.3, 0.4) is 0 Å². The number of nitrogens with one attached hydrogen (secondary N) is 1. The zero-order valence-corrected chi connectivity index (χ0v) is 11.5. The fraction of sp³-hybridized carbons (Fsp3) is 0.615. The third kappa shape index (κ3) is 3.28. The van der Waals surface area contributed by atoms with E-state index >= 15 is 0 Å². The van der Waals surface area contributed by atoms with Crippen LogP contribution in [0.25, 0.3) is 0 Å². The SMILES string of the molecule is CCC1(C)CSC(=NC(C)Cc2ccco2)N1. The molecule has 1 saturated heterocycles. The van der Waals surface area contributed by atoms with Gasteiger partial charge in [-0.1, -0.05) is 18.7 Å². The summed E-state index contributed by atoms with van der Waals surface area (Å²) in [7, 11) is 0. The van der Waals surface area contributed by atoms with Crippen LogP contribution in [0.1, 0.15) is 33.0 Å². The number of amidine groups is 1. The molecule has 2 rings (SSSR count). The van der Waals surface area contributed by atoms with Gasteiger partial charge in [0.25, 0.3) is 0 Å². The molecule has 0 aliphatic carbocycles. The predicted molar refractivity (Wildman–Crippen MR) is 73.6 cm³/mol. The van der Waals surface area contributed by atoms with Gasteiger partial charge in [-0.2, -0.15) is 0 Å². The summed E-state index contributed by atoms with van der Waals surface area (Å²) in [6, 6.07) is 4.18. The Kier molecular flexibility index (Phi) is 3.82. The summed E-state index contributed by atoms with van der Waals surface area (Å²) in [6.45, 7) is 6.59. The normalized spacial score (nSPS) is 28.3. The van der Waals surface area contributed by atoms with Gasteiger partial charge in [0.05, 0.1) is 12.3 Å². The van der Waals surface area contributed by atoms with Gasteiger partial charge >= 0.3 is 0 Å². The van der Waals surface area contributed by atoms with Crippen molar-refractivity contribution in [2.45, 2.75) is 45.2 Å². The first-order valence-electron chi connectivity index (χ1n) is 6.12. The number of hydrogen-bond donors (Lipinski definition) is 1. The Hall–Kier alpha value is -0.900. The standard InChI is InChI=1S/C13H20N2OS/c1-4-13(3)9-17-12(15-13)14-10(2)8-11-6-5-7-16-11/h5-7,10H,4,8-9H2,1-3H3,(H,14,15). The van der Waals surface area contributed by atoms with Crippen LogP contribution in [0.5, 0.6) is 0 Å². The minimum absolute atomic E-state index is 0.216. The molecule has 3 nitrogen and oxygen atoms in total. The summed E-state index contributed by atoms with van der Waals surface area (Å²) in [5, 5.41) is 4.59. The van der Waals surface area contributed by atoms with Crippen LogP contribution >= 0.6 is 11.8 Å². The molecule has 94 valence electrons. The molecule has 1 aliphatic rings. The monoisotopic (exact) mass is 252 g/mol. The molecular formula is C13H20N2OS. The smallest absolute Gasteiger partial charge is 0.157 e. The highest BCUT2D eigenvalue weighted by atomic mass is 32.2. The molecule has 1 aromatic rings. The van der Waals surface area contributed by atoms with Crippen LogP contribution in [0.15, 0.2) is 27.8 Å². The Morgan fingerprint density at radius 3 is 3.06 bits per heavy atom. The number of thioether (sulfide) groups is 1. The minimum Gasteiger partial charge on any atom is -0.469 e. The maximum Gasteiger partial charge on any atom is 0.157 e. The third-order valence-corrected chi connectivity index (χ3v) is 4.39. The Morgan fingerprint density at radius 1 is 1.65 bits per heavy atom. The van der Waals surface area contributed by atoms with E-state index in [1.54, 1.807) is 6.26 Å². The molecule has 0 spiro atoms. The van der Waals surface area contributed by atoms with Crippen LogP contribution in [-0.2, 0) is 6.42 Å². The van der Waals surface area contributed by atoms with Gasteiger partial charge in [0.1, 0.15) is 5.76 Å². The Balaban J connectivity index is 1.92. The second kappa shape index (κ2) is 5.17. The molecule has 0 radical (unpaired) electrons. The van der Waals surface area contributed by atoms with E-state index in [1.807, 2.05) is 23.9 Å². The van der Waals surface area contributed by atoms with E-state index in [4.69, 9.17) is 9.41 Å². The van der Waals surface area contributed by atoms with E-state index < -0.39 is 0 Å². The summed E-state index contributed by atoms with van der Waals surface area (Å²) in [5.74, 6) is 2.11. The molecule has 1 fully saturated rings. The fourth-order valence-corrected chi connectivity index (χ4v) is 3.09. The lowest BCUT2D eigenvalue weighted by Gasteiger charge is -2.21. The number of furan rings is 1. The van der Waals surface area contributed by atoms with Gasteiger partial charge in [-0.25, -0.2) is 0 Å². The summed E-state index contributed by atoms with van der Waals surface area (Å²) >= 11 is 1.82. The lowest BCUT2D eigenvalue weighted by Crippen LogP contribution is -2.39. The highest BCUT2D eigenvalue weighted by Crippen LogP contribution is 2.26. The van der Waals surface area contributed by atoms with Crippen molar-refractivity contribution in [1.82, 2.24) is 5.32 Å². The largest absolute Gasteiger partial charge is 0.469 e. The predicted octanol–water partition coefficient (Wildman–Crippen LogP) is 3.07. The summed E-state index contributed by atoms with van der Waals surface area (Å²) < 4.78 is 5.33. The molecule has 1 aliphatic heterocycles. The van der Waals surface area contributed by atoms with E-state index in [2.05, 4.69) is 26.1 Å². The second-order valence-corrected chi connectivity index (χ2v) is 5.86. The zero-order valence-electron chi connectivity index (χ0n) is 10.7. The third-order valence-electron chi connectivity index (χ3n) is 3.13. The molecule has 2 unspecified atom stereocenters. The molecule has 4 heteroatoms. The maximum atomic E-state index is 5.33. The van der Waals surface area contributed by atoms with Gasteiger partial charge in [-0.15, -0.1) is 0 Å². The average Bonchev–Trinajstić information content (AvgIpc) is 2.90. The van der Waals surface area contributed by atoms with E-state index in [9.17, 15) is 0 Å². The first kappa shape index (κ1) is 12.6. The van der Waals surface area contributed by atoms with Crippen molar-refractivity contribution in [3.05, 3.63) is 24.2 Å². The molecule has 2 atom stereocenters. The van der Waals surface area contributed by atoms with Crippen LogP contribution < -0.4 is 5.32 Å². The van der Waals surface area contributed by atoms with Gasteiger partial charge < -0.3 is 9.73 Å². The molecule has 0 saturated carbocycles. The number of aliphatic imine (C=N–C) groups is 1. The average molecular weight is 252 g/mol. The number of nitrogens with zero attached hydrogens (tertiary/aromatic N) is 1. The highest BCUT2D eigenvalue weighted by Gasteiger charge is 2.30. The van der Waals surface area contributed by atoms with E-state index in [0.29, 0.717) is 0 Å². The lowest BCUT2D eigenvalue weighted by atomic mass is 10.0. The topological polar surface area (TPSA) is 37.5 Å². The van der Waals surface area contributed by atoms with Crippen molar-refractivity contribution in [2.24, 2.45) is 4.99 Å². The molecule has 2 heterocycles. The van der Waals surface area contributed by atoms with Gasteiger partial charge in [0, 0.05) is 17.7 Å². The van der Waals surface area contributed by atoms with E-state index in [0.717, 1.165) is 29.5 Å². The molecule has 1 aromatic heterocycles. The van der Waals surface area contributed by atoms with E-state index in [1.165, 1.54) is 0 Å². The number of rotatable bonds is 4. The first-order chi connectivity index (χ1) is 8.11. The van der Waals surface area contributed by atoms with Crippen molar-refractivity contribution in [3.63, 3.8) is 0 Å². The molecular weight excluding hydrogens is 232 g/mol. The van der Waals surface area contributed by atoms with Crippen LogP contribution in [0.4, 0.5) is 0 Å². The van der Waals surface area contributed by atoms with Crippen molar-refractivity contribution in [2.75, 3.05) is 5.75 Å². The van der Waals surface area contributed by atoms with Gasteiger partial charge in [-0.3, -0.25) is 4.99 Å². The second-order valence-electron chi connectivity index (χ2n) is 4.89. The molecule has 0 aromatic carbocycles. The van der Waals surface area contributed by atoms with E-state index in [-0.39, 0.29) is 11.6 Å². The quantitative estimate of drug-likeness (QED) is 0.895. The van der Waals surface area contributed by atoms with Gasteiger partial charge in [0.15, 0.2) is 5.17 Å². The maximum absolute atomic E-state index is 5.33. The Labute approximate surface area is 107 Å². The fourth-order valence-electron chi connectivity index (χ4n) is 1.78. The summed E-state index contributed by atoms with van der Waals surface area (Å²) in [4.78, 5) is 4.70. The van der Waals surface area contributed by atoms with Crippen molar-refractivity contribution < 1.29 is 4.42 Å². The van der Waals surface area contributed by atoms with Crippen LogP contribution in [-0.4, -0.2) is 22.5 Å². The van der Waals surface area contributed by atoms with Crippen LogP contribution in [0, 0.1) is 0 Å². The molecule has 0 amide bonds. The Bertz CT molecular complexity index is 388.